The van der Waals surface area contributed by atoms with Crippen LogP contribution in [0.3, 0.4) is 0 Å². The number of carbonyl (C=O) groups excluding carboxylic acids is 2. The molecule has 7 heteroatoms. The number of methoxy groups -OCH3 is 2. The van der Waals surface area contributed by atoms with Crippen molar-refractivity contribution >= 4 is 11.9 Å². The van der Waals surface area contributed by atoms with Crippen LogP contribution in [0.2, 0.25) is 0 Å². The van der Waals surface area contributed by atoms with Gasteiger partial charge in [0.15, 0.2) is 0 Å². The quantitative estimate of drug-likeness (QED) is 0.767. The van der Waals surface area contributed by atoms with Crippen LogP contribution in [0.15, 0.2) is 18.3 Å². The number of rotatable bonds is 5. The third kappa shape index (κ3) is 3.97. The van der Waals surface area contributed by atoms with Crippen LogP contribution in [0, 0.1) is 0 Å². The topological polar surface area (TPSA) is 65.5 Å². The van der Waals surface area contributed by atoms with E-state index in [1.807, 2.05) is 0 Å². The van der Waals surface area contributed by atoms with E-state index >= 15 is 0 Å². The fraction of sp³-hybridized carbons (Fsp3) is 0.417. The highest BCUT2D eigenvalue weighted by Gasteiger charge is 2.33. The van der Waals surface area contributed by atoms with Crippen molar-refractivity contribution in [1.82, 2.24) is 4.98 Å². The second kappa shape index (κ2) is 6.21. The first kappa shape index (κ1) is 15.0. The predicted molar refractivity (Wildman–Crippen MR) is 60.7 cm³/mol. The number of pyridine rings is 1. The molecule has 1 aromatic rings. The Morgan fingerprint density at radius 2 is 1.95 bits per heavy atom. The summed E-state index contributed by atoms with van der Waals surface area (Å²) in [7, 11) is 2.31. The number of aromatic nitrogens is 1. The van der Waals surface area contributed by atoms with Crippen molar-refractivity contribution in [2.75, 3.05) is 14.2 Å². The number of alkyl halides is 2. The molecule has 0 aliphatic carbocycles. The summed E-state index contributed by atoms with van der Waals surface area (Å²) < 4.78 is 36.1. The molecule has 0 amide bonds. The summed E-state index contributed by atoms with van der Waals surface area (Å²) in [6.07, 6.45) is -0.110. The van der Waals surface area contributed by atoms with Crippen LogP contribution in [0.25, 0.3) is 0 Å². The lowest BCUT2D eigenvalue weighted by Crippen LogP contribution is -2.18. The van der Waals surface area contributed by atoms with Crippen LogP contribution in [-0.2, 0) is 20.2 Å². The van der Waals surface area contributed by atoms with Gasteiger partial charge < -0.3 is 9.47 Å². The summed E-state index contributed by atoms with van der Waals surface area (Å²) in [6.45, 7) is 0. The monoisotopic (exact) mass is 273 g/mol. The van der Waals surface area contributed by atoms with Gasteiger partial charge in [-0.25, -0.2) is 4.79 Å². The van der Waals surface area contributed by atoms with Crippen molar-refractivity contribution in [2.45, 2.75) is 18.8 Å². The maximum atomic E-state index is 13.7. The molecular weight excluding hydrogens is 260 g/mol. The third-order valence-electron chi connectivity index (χ3n) is 2.43. The van der Waals surface area contributed by atoms with E-state index in [0.29, 0.717) is 0 Å². The molecule has 0 fully saturated rings. The molecule has 104 valence electrons. The molecule has 1 heterocycles. The number of esters is 2. The zero-order valence-corrected chi connectivity index (χ0v) is 10.5. The Morgan fingerprint density at radius 1 is 1.26 bits per heavy atom. The van der Waals surface area contributed by atoms with E-state index in [-0.39, 0.29) is 5.56 Å². The van der Waals surface area contributed by atoms with Crippen LogP contribution in [-0.4, -0.2) is 31.1 Å². The van der Waals surface area contributed by atoms with Crippen LogP contribution < -0.4 is 0 Å². The maximum Gasteiger partial charge on any atom is 0.339 e. The minimum absolute atomic E-state index is 0.0787. The molecule has 0 atom stereocenters. The highest BCUT2D eigenvalue weighted by atomic mass is 19.3. The number of halogens is 2. The molecule has 19 heavy (non-hydrogen) atoms. The molecule has 1 rings (SSSR count). The zero-order chi connectivity index (χ0) is 14.5. The largest absolute Gasteiger partial charge is 0.469 e. The molecule has 5 nitrogen and oxygen atoms in total. The first-order chi connectivity index (χ1) is 8.90. The summed E-state index contributed by atoms with van der Waals surface area (Å²) in [6, 6.07) is 2.23. The van der Waals surface area contributed by atoms with E-state index in [1.54, 1.807) is 0 Å². The smallest absolute Gasteiger partial charge is 0.339 e. The summed E-state index contributed by atoms with van der Waals surface area (Å²) in [5.74, 6) is -4.63. The lowest BCUT2D eigenvalue weighted by Gasteiger charge is -2.15. The zero-order valence-electron chi connectivity index (χ0n) is 10.5. The summed E-state index contributed by atoms with van der Waals surface area (Å²) in [4.78, 5) is 25.5. The molecule has 0 saturated carbocycles. The number of nitrogens with zero attached hydrogens (tertiary/aromatic N) is 1. The van der Waals surface area contributed by atoms with Crippen molar-refractivity contribution in [3.05, 3.63) is 29.6 Å². The second-order valence-corrected chi connectivity index (χ2v) is 3.70. The van der Waals surface area contributed by atoms with E-state index in [0.717, 1.165) is 19.4 Å². The van der Waals surface area contributed by atoms with Gasteiger partial charge in [0.05, 0.1) is 26.2 Å². The average Bonchev–Trinajstić information content (AvgIpc) is 2.44. The first-order valence-corrected chi connectivity index (χ1v) is 5.40. The Bertz CT molecular complexity index is 459. The van der Waals surface area contributed by atoms with Crippen LogP contribution >= 0.6 is 0 Å². The van der Waals surface area contributed by atoms with Gasteiger partial charge in [-0.15, -0.1) is 0 Å². The Balaban J connectivity index is 2.78. The normalized spacial score (nSPS) is 10.9. The van der Waals surface area contributed by atoms with Crippen molar-refractivity contribution in [3.8, 4) is 0 Å². The maximum absolute atomic E-state index is 13.7. The number of hydrogen-bond donors (Lipinski definition) is 0. The highest BCUT2D eigenvalue weighted by molar-refractivity contribution is 5.88. The molecule has 0 aliphatic rings. The number of carbonyl (C=O) groups is 2. The van der Waals surface area contributed by atoms with Gasteiger partial charge in [-0.1, -0.05) is 0 Å². The van der Waals surface area contributed by atoms with Gasteiger partial charge in [0, 0.05) is 12.6 Å². The van der Waals surface area contributed by atoms with Gasteiger partial charge >= 0.3 is 11.9 Å². The summed E-state index contributed by atoms with van der Waals surface area (Å²) >= 11 is 0. The Labute approximate surface area is 108 Å². The van der Waals surface area contributed by atoms with Gasteiger partial charge in [-0.05, 0) is 12.1 Å². The average molecular weight is 273 g/mol. The molecule has 0 radical (unpaired) electrons. The Morgan fingerprint density at radius 3 is 2.42 bits per heavy atom. The van der Waals surface area contributed by atoms with Crippen molar-refractivity contribution < 1.29 is 27.8 Å². The van der Waals surface area contributed by atoms with Crippen molar-refractivity contribution in [1.29, 1.82) is 0 Å². The Hall–Kier alpha value is -2.05. The van der Waals surface area contributed by atoms with Crippen LogP contribution in [0.1, 0.15) is 28.9 Å². The predicted octanol–water partition coefficient (Wildman–Crippen LogP) is 1.91. The van der Waals surface area contributed by atoms with Crippen LogP contribution in [0.5, 0.6) is 0 Å². The van der Waals surface area contributed by atoms with Gasteiger partial charge in [0.2, 0.25) is 0 Å². The summed E-state index contributed by atoms with van der Waals surface area (Å²) in [5.41, 5.74) is -0.431. The lowest BCUT2D eigenvalue weighted by atomic mass is 10.1. The van der Waals surface area contributed by atoms with E-state index in [1.165, 1.54) is 13.2 Å². The molecule has 0 aliphatic heterocycles. The van der Waals surface area contributed by atoms with Gasteiger partial charge in [0.25, 0.3) is 5.92 Å². The molecule has 1 aromatic heterocycles. The van der Waals surface area contributed by atoms with Gasteiger partial charge in [-0.2, -0.15) is 8.78 Å². The molecule has 0 aromatic carbocycles. The second-order valence-electron chi connectivity index (χ2n) is 3.70. The minimum atomic E-state index is -3.26. The van der Waals surface area contributed by atoms with Gasteiger partial charge in [0.1, 0.15) is 5.69 Å². The standard InChI is InChI=1S/C12H13F2NO4/c1-18-10(16)5-6-12(13,14)9-4-3-8(7-15-9)11(17)19-2/h3-4,7H,5-6H2,1-2H3. The minimum Gasteiger partial charge on any atom is -0.469 e. The Kier molecular flexibility index (Phi) is 4.91. The molecule has 0 spiro atoms. The van der Waals surface area contributed by atoms with E-state index in [2.05, 4.69) is 14.5 Å². The fourth-order valence-corrected chi connectivity index (χ4v) is 1.34. The fourth-order valence-electron chi connectivity index (χ4n) is 1.34. The molecule has 0 unspecified atom stereocenters. The first-order valence-electron chi connectivity index (χ1n) is 5.40. The number of ether oxygens (including phenoxy) is 2. The molecule has 0 N–H and O–H groups in total. The van der Waals surface area contributed by atoms with E-state index < -0.39 is 36.4 Å². The van der Waals surface area contributed by atoms with Crippen molar-refractivity contribution in [2.24, 2.45) is 0 Å². The molecule has 0 saturated heterocycles. The van der Waals surface area contributed by atoms with Crippen LogP contribution in [0.4, 0.5) is 8.78 Å². The van der Waals surface area contributed by atoms with E-state index in [9.17, 15) is 18.4 Å². The third-order valence-corrected chi connectivity index (χ3v) is 2.43. The SMILES string of the molecule is COC(=O)CCC(F)(F)c1ccc(C(=O)OC)cn1. The number of hydrogen-bond acceptors (Lipinski definition) is 5. The lowest BCUT2D eigenvalue weighted by molar-refractivity contribution is -0.143. The highest BCUT2D eigenvalue weighted by Crippen LogP contribution is 2.31. The molecular formula is C12H13F2NO4. The van der Waals surface area contributed by atoms with E-state index in [4.69, 9.17) is 0 Å². The summed E-state index contributed by atoms with van der Waals surface area (Å²) in [5, 5.41) is 0. The van der Waals surface area contributed by atoms with Crippen molar-refractivity contribution in [3.63, 3.8) is 0 Å². The molecule has 0 bridgehead atoms. The van der Waals surface area contributed by atoms with Gasteiger partial charge in [-0.3, -0.25) is 9.78 Å².